The van der Waals surface area contributed by atoms with Gasteiger partial charge in [0.25, 0.3) is 5.91 Å². The number of aromatic nitrogens is 1. The van der Waals surface area contributed by atoms with E-state index in [4.69, 9.17) is 5.73 Å². The van der Waals surface area contributed by atoms with Crippen LogP contribution >= 0.6 is 11.8 Å². The highest BCUT2D eigenvalue weighted by Gasteiger charge is 2.27. The lowest BCUT2D eigenvalue weighted by Crippen LogP contribution is -2.50. The molecule has 7 nitrogen and oxygen atoms in total. The van der Waals surface area contributed by atoms with Gasteiger partial charge in [-0.05, 0) is 42.3 Å². The van der Waals surface area contributed by atoms with Crippen LogP contribution in [0.1, 0.15) is 5.56 Å². The third-order valence-electron chi connectivity index (χ3n) is 5.58. The number of carbonyl (C=O) groups excluding carboxylic acids is 2. The summed E-state index contributed by atoms with van der Waals surface area (Å²) >= 11 is 1.64. The molecule has 1 aliphatic rings. The quantitative estimate of drug-likeness (QED) is 0.332. The minimum atomic E-state index is -0.750. The van der Waals surface area contributed by atoms with Crippen molar-refractivity contribution >= 4 is 45.9 Å². The molecule has 0 spiro atoms. The van der Waals surface area contributed by atoms with Gasteiger partial charge in [-0.2, -0.15) is 0 Å². The smallest absolute Gasteiger partial charge is 0.251 e. The molecule has 2 heterocycles. The number of amides is 2. The maximum Gasteiger partial charge on any atom is 0.251 e. The van der Waals surface area contributed by atoms with E-state index in [0.717, 1.165) is 37.6 Å². The average molecular weight is 458 g/mol. The zero-order valence-corrected chi connectivity index (χ0v) is 18.6. The monoisotopic (exact) mass is 457 g/mol. The normalized spacial score (nSPS) is 13.3. The van der Waals surface area contributed by atoms with Crippen LogP contribution < -0.4 is 21.5 Å². The summed E-state index contributed by atoms with van der Waals surface area (Å²) in [6, 6.07) is 22.7. The van der Waals surface area contributed by atoms with Gasteiger partial charge in [0.15, 0.2) is 0 Å². The number of nitrogens with two attached hydrogens (primary N) is 1. The van der Waals surface area contributed by atoms with Crippen LogP contribution in [-0.4, -0.2) is 29.4 Å². The van der Waals surface area contributed by atoms with E-state index in [9.17, 15) is 9.59 Å². The molecule has 1 atom stereocenters. The maximum absolute atomic E-state index is 13.1. The lowest BCUT2D eigenvalue weighted by atomic mass is 10.1. The second kappa shape index (κ2) is 9.11. The second-order valence-electron chi connectivity index (χ2n) is 7.78. The van der Waals surface area contributed by atoms with Gasteiger partial charge < -0.3 is 10.7 Å². The van der Waals surface area contributed by atoms with Crippen molar-refractivity contribution in [3.05, 3.63) is 84.6 Å². The number of nitrogens with zero attached hydrogens (tertiary/aromatic N) is 1. The summed E-state index contributed by atoms with van der Waals surface area (Å²) in [4.78, 5) is 32.6. The fourth-order valence-corrected chi connectivity index (χ4v) is 5.04. The minimum Gasteiger partial charge on any atom is -0.361 e. The Kier molecular flexibility index (Phi) is 5.87. The Bertz CT molecular complexity index is 1290. The molecule has 0 saturated heterocycles. The molecule has 0 saturated carbocycles. The number of benzene rings is 3. The predicted molar refractivity (Wildman–Crippen MR) is 130 cm³/mol. The van der Waals surface area contributed by atoms with Gasteiger partial charge in [-0.3, -0.25) is 19.9 Å². The van der Waals surface area contributed by atoms with Crippen LogP contribution in [0.5, 0.6) is 0 Å². The fourth-order valence-electron chi connectivity index (χ4n) is 3.98. The van der Waals surface area contributed by atoms with Gasteiger partial charge in [0.05, 0.1) is 24.0 Å². The lowest BCUT2D eigenvalue weighted by molar-refractivity contribution is -0.123. The standard InChI is InChI=1S/C25H23N5O2S/c26-18(13-16-14-27-19-8-2-1-7-17(16)19)25(32)29-28-15-24(31)30-20-9-3-5-11-22(20)33-23-12-6-4-10-21(23)30/h1-12,14,18,27-28H,13,15,26H2,(H,29,32)/t18-/m0/s1. The molecule has 5 rings (SSSR count). The zero-order valence-electron chi connectivity index (χ0n) is 17.7. The van der Waals surface area contributed by atoms with Crippen LogP contribution in [0.15, 0.2) is 88.8 Å². The van der Waals surface area contributed by atoms with E-state index in [1.807, 2.05) is 79.0 Å². The molecule has 2 amide bonds. The molecule has 166 valence electrons. The van der Waals surface area contributed by atoms with E-state index < -0.39 is 6.04 Å². The van der Waals surface area contributed by atoms with Crippen molar-refractivity contribution in [1.29, 1.82) is 0 Å². The van der Waals surface area contributed by atoms with Crippen LogP contribution in [0.25, 0.3) is 10.9 Å². The Morgan fingerprint density at radius 3 is 2.30 bits per heavy atom. The predicted octanol–water partition coefficient (Wildman–Crippen LogP) is 3.49. The van der Waals surface area contributed by atoms with Gasteiger partial charge >= 0.3 is 0 Å². The Morgan fingerprint density at radius 1 is 0.939 bits per heavy atom. The summed E-state index contributed by atoms with van der Waals surface area (Å²) < 4.78 is 0. The Hall–Kier alpha value is -3.59. The lowest BCUT2D eigenvalue weighted by Gasteiger charge is -2.31. The highest BCUT2D eigenvalue weighted by Crippen LogP contribution is 2.47. The zero-order chi connectivity index (χ0) is 22.8. The topological polar surface area (TPSA) is 103 Å². The van der Waals surface area contributed by atoms with E-state index >= 15 is 0 Å². The van der Waals surface area contributed by atoms with Gasteiger partial charge in [0, 0.05) is 26.9 Å². The largest absolute Gasteiger partial charge is 0.361 e. The van der Waals surface area contributed by atoms with E-state index in [-0.39, 0.29) is 18.4 Å². The number of hydrogen-bond donors (Lipinski definition) is 4. The molecule has 33 heavy (non-hydrogen) atoms. The summed E-state index contributed by atoms with van der Waals surface area (Å²) in [5, 5.41) is 1.05. The highest BCUT2D eigenvalue weighted by atomic mass is 32.2. The SMILES string of the molecule is N[C@@H](Cc1c[nH]c2ccccc12)C(=O)NNCC(=O)N1c2ccccc2Sc2ccccc21. The van der Waals surface area contributed by atoms with Crippen molar-refractivity contribution in [2.45, 2.75) is 22.3 Å². The van der Waals surface area contributed by atoms with Gasteiger partial charge in [-0.25, -0.2) is 5.43 Å². The molecule has 3 aromatic carbocycles. The van der Waals surface area contributed by atoms with Gasteiger partial charge in [-0.15, -0.1) is 0 Å². The number of carbonyl (C=O) groups is 2. The molecule has 1 aliphatic heterocycles. The van der Waals surface area contributed by atoms with Crippen molar-refractivity contribution in [2.75, 3.05) is 11.4 Å². The van der Waals surface area contributed by atoms with Crippen molar-refractivity contribution in [2.24, 2.45) is 5.73 Å². The Labute approximate surface area is 195 Å². The van der Waals surface area contributed by atoms with Crippen LogP contribution in [0.3, 0.4) is 0 Å². The van der Waals surface area contributed by atoms with Gasteiger partial charge in [-0.1, -0.05) is 54.2 Å². The summed E-state index contributed by atoms with van der Waals surface area (Å²) in [6.45, 7) is -0.0706. The first-order valence-electron chi connectivity index (χ1n) is 10.6. The number of aromatic amines is 1. The van der Waals surface area contributed by atoms with E-state index in [2.05, 4.69) is 15.8 Å². The average Bonchev–Trinajstić information content (AvgIpc) is 3.25. The number of rotatable bonds is 6. The molecular weight excluding hydrogens is 434 g/mol. The first-order chi connectivity index (χ1) is 16.1. The molecule has 0 bridgehead atoms. The summed E-state index contributed by atoms with van der Waals surface area (Å²) in [6.07, 6.45) is 2.26. The van der Waals surface area contributed by atoms with Crippen LogP contribution in [0, 0.1) is 0 Å². The van der Waals surface area contributed by atoms with E-state index in [1.54, 1.807) is 16.7 Å². The van der Waals surface area contributed by atoms with Crippen molar-refractivity contribution in [3.8, 4) is 0 Å². The molecule has 4 aromatic rings. The van der Waals surface area contributed by atoms with E-state index in [1.165, 1.54) is 0 Å². The number of hydrogen-bond acceptors (Lipinski definition) is 5. The number of hydrazine groups is 1. The Balaban J connectivity index is 1.22. The summed E-state index contributed by atoms with van der Waals surface area (Å²) in [7, 11) is 0. The second-order valence-corrected chi connectivity index (χ2v) is 8.86. The van der Waals surface area contributed by atoms with Crippen LogP contribution in [-0.2, 0) is 16.0 Å². The van der Waals surface area contributed by atoms with Crippen LogP contribution in [0.4, 0.5) is 11.4 Å². The van der Waals surface area contributed by atoms with Gasteiger partial charge in [0.2, 0.25) is 5.91 Å². The summed E-state index contributed by atoms with van der Waals surface area (Å²) in [5.74, 6) is -0.552. The number of nitrogens with one attached hydrogen (secondary N) is 3. The number of para-hydroxylation sites is 3. The molecule has 0 aliphatic carbocycles. The number of anilines is 2. The maximum atomic E-state index is 13.1. The molecule has 0 unspecified atom stereocenters. The number of H-pyrrole nitrogens is 1. The molecule has 8 heteroatoms. The molecule has 5 N–H and O–H groups in total. The van der Waals surface area contributed by atoms with E-state index in [0.29, 0.717) is 6.42 Å². The molecule has 0 fully saturated rings. The first kappa shape index (κ1) is 21.3. The fraction of sp³-hybridized carbons (Fsp3) is 0.120. The van der Waals surface area contributed by atoms with Crippen LogP contribution in [0.2, 0.25) is 0 Å². The van der Waals surface area contributed by atoms with Gasteiger partial charge in [0.1, 0.15) is 0 Å². The highest BCUT2D eigenvalue weighted by molar-refractivity contribution is 7.99. The van der Waals surface area contributed by atoms with Crippen molar-refractivity contribution < 1.29 is 9.59 Å². The minimum absolute atomic E-state index is 0.0706. The van der Waals surface area contributed by atoms with Crippen molar-refractivity contribution in [3.63, 3.8) is 0 Å². The summed E-state index contributed by atoms with van der Waals surface area (Å²) in [5.41, 5.74) is 15.1. The molecule has 1 aromatic heterocycles. The Morgan fingerprint density at radius 2 is 1.58 bits per heavy atom. The molecular formula is C25H23N5O2S. The van der Waals surface area contributed by atoms with Crippen molar-refractivity contribution in [1.82, 2.24) is 15.8 Å². The first-order valence-corrected chi connectivity index (χ1v) is 11.5. The number of fused-ring (bicyclic) bond motifs is 3. The molecule has 0 radical (unpaired) electrons. The third-order valence-corrected chi connectivity index (χ3v) is 6.71. The third kappa shape index (κ3) is 4.23.